The second-order valence-corrected chi connectivity index (χ2v) is 5.76. The quantitative estimate of drug-likeness (QED) is 0.769. The molecule has 0 saturated heterocycles. The molecule has 1 rings (SSSR count). The van der Waals surface area contributed by atoms with Crippen molar-refractivity contribution in [3.63, 3.8) is 0 Å². The molecule has 120 valence electrons. The highest BCUT2D eigenvalue weighted by Crippen LogP contribution is 2.35. The minimum atomic E-state index is -1.41. The molecular formula is C16H25F3N2. The minimum Gasteiger partial charge on any atom is -0.308 e. The third kappa shape index (κ3) is 3.58. The second-order valence-electron chi connectivity index (χ2n) is 5.76. The Labute approximate surface area is 125 Å². The van der Waals surface area contributed by atoms with Crippen LogP contribution >= 0.6 is 0 Å². The molecule has 0 heterocycles. The molecular weight excluding hydrogens is 277 g/mol. The summed E-state index contributed by atoms with van der Waals surface area (Å²) in [6.45, 7) is 6.66. The van der Waals surface area contributed by atoms with Gasteiger partial charge in [-0.05, 0) is 46.5 Å². The van der Waals surface area contributed by atoms with Crippen molar-refractivity contribution >= 4 is 0 Å². The lowest BCUT2D eigenvalue weighted by molar-refractivity contribution is 0.110. The third-order valence-electron chi connectivity index (χ3n) is 4.33. The van der Waals surface area contributed by atoms with Crippen molar-refractivity contribution in [3.05, 3.63) is 35.1 Å². The standard InChI is InChI=1S/C16H25F3N2/c1-6-10-20-15(16(3,7-2)21(4)5)11-8-9-12(17)14(19)13(11)18/h8-9,15,20H,6-7,10H2,1-5H3. The summed E-state index contributed by atoms with van der Waals surface area (Å²) in [5, 5.41) is 3.28. The highest BCUT2D eigenvalue weighted by molar-refractivity contribution is 5.27. The Morgan fingerprint density at radius 2 is 1.76 bits per heavy atom. The van der Waals surface area contributed by atoms with Crippen LogP contribution in [0, 0.1) is 17.5 Å². The van der Waals surface area contributed by atoms with Gasteiger partial charge in [0.1, 0.15) is 0 Å². The molecule has 0 fully saturated rings. The smallest absolute Gasteiger partial charge is 0.194 e. The zero-order chi connectivity index (χ0) is 16.2. The average molecular weight is 302 g/mol. The normalized spacial score (nSPS) is 16.0. The first kappa shape index (κ1) is 18.0. The van der Waals surface area contributed by atoms with Crippen LogP contribution in [0.3, 0.4) is 0 Å². The maximum atomic E-state index is 14.2. The Balaban J connectivity index is 3.35. The Morgan fingerprint density at radius 3 is 2.24 bits per heavy atom. The van der Waals surface area contributed by atoms with Gasteiger partial charge in [-0.3, -0.25) is 0 Å². The number of halogens is 3. The van der Waals surface area contributed by atoms with E-state index in [1.54, 1.807) is 0 Å². The highest BCUT2D eigenvalue weighted by Gasteiger charge is 2.37. The van der Waals surface area contributed by atoms with Gasteiger partial charge in [0, 0.05) is 11.1 Å². The monoisotopic (exact) mass is 302 g/mol. The first-order chi connectivity index (χ1) is 9.79. The number of benzene rings is 1. The van der Waals surface area contributed by atoms with E-state index in [1.165, 1.54) is 6.07 Å². The zero-order valence-corrected chi connectivity index (χ0v) is 13.4. The fourth-order valence-corrected chi connectivity index (χ4v) is 2.50. The molecule has 0 bridgehead atoms. The van der Waals surface area contributed by atoms with Crippen LogP contribution in [0.4, 0.5) is 13.2 Å². The van der Waals surface area contributed by atoms with Crippen LogP contribution in [0.15, 0.2) is 12.1 Å². The maximum absolute atomic E-state index is 14.2. The van der Waals surface area contributed by atoms with E-state index in [0.717, 1.165) is 18.9 Å². The molecule has 2 atom stereocenters. The van der Waals surface area contributed by atoms with Gasteiger partial charge in [-0.25, -0.2) is 13.2 Å². The Kier molecular flexibility index (Phi) is 6.23. The van der Waals surface area contributed by atoms with E-state index in [0.29, 0.717) is 6.54 Å². The molecule has 21 heavy (non-hydrogen) atoms. The summed E-state index contributed by atoms with van der Waals surface area (Å²) in [5.74, 6) is -3.67. The zero-order valence-electron chi connectivity index (χ0n) is 13.4. The molecule has 1 aromatic carbocycles. The summed E-state index contributed by atoms with van der Waals surface area (Å²) in [7, 11) is 3.81. The van der Waals surface area contributed by atoms with Crippen LogP contribution in [0.5, 0.6) is 0 Å². The van der Waals surface area contributed by atoms with Gasteiger partial charge in [0.25, 0.3) is 0 Å². The summed E-state index contributed by atoms with van der Waals surface area (Å²) < 4.78 is 40.9. The van der Waals surface area contributed by atoms with Gasteiger partial charge in [0.15, 0.2) is 17.5 Å². The van der Waals surface area contributed by atoms with Crippen molar-refractivity contribution in [2.45, 2.75) is 45.2 Å². The Morgan fingerprint density at radius 1 is 1.14 bits per heavy atom. The SMILES string of the molecule is CCCNC(c1ccc(F)c(F)c1F)C(C)(CC)N(C)C. The summed E-state index contributed by atoms with van der Waals surface area (Å²) in [5.41, 5.74) is -0.249. The van der Waals surface area contributed by atoms with Gasteiger partial charge in [-0.15, -0.1) is 0 Å². The first-order valence-electron chi connectivity index (χ1n) is 7.33. The third-order valence-corrected chi connectivity index (χ3v) is 4.33. The lowest BCUT2D eigenvalue weighted by Gasteiger charge is -2.43. The topological polar surface area (TPSA) is 15.3 Å². The number of hydrogen-bond donors (Lipinski definition) is 1. The summed E-state index contributed by atoms with van der Waals surface area (Å²) >= 11 is 0. The number of likely N-dealkylation sites (N-methyl/N-ethyl adjacent to an activating group) is 1. The molecule has 0 saturated carbocycles. The van der Waals surface area contributed by atoms with E-state index >= 15 is 0 Å². The largest absolute Gasteiger partial charge is 0.308 e. The molecule has 0 radical (unpaired) electrons. The van der Waals surface area contributed by atoms with Crippen molar-refractivity contribution in [2.75, 3.05) is 20.6 Å². The predicted molar refractivity (Wildman–Crippen MR) is 79.7 cm³/mol. The van der Waals surface area contributed by atoms with Crippen LogP contribution in [-0.4, -0.2) is 31.1 Å². The van der Waals surface area contributed by atoms with Gasteiger partial charge in [0.05, 0.1) is 6.04 Å². The molecule has 2 nitrogen and oxygen atoms in total. The van der Waals surface area contributed by atoms with E-state index in [2.05, 4.69) is 5.32 Å². The molecule has 1 N–H and O–H groups in total. The molecule has 1 aromatic rings. The molecule has 0 aliphatic carbocycles. The predicted octanol–water partition coefficient (Wildman–Crippen LogP) is 3.87. The van der Waals surface area contributed by atoms with Gasteiger partial charge >= 0.3 is 0 Å². The van der Waals surface area contributed by atoms with Gasteiger partial charge in [-0.1, -0.05) is 19.9 Å². The molecule has 0 aliphatic heterocycles. The van der Waals surface area contributed by atoms with Gasteiger partial charge in [-0.2, -0.15) is 0 Å². The lowest BCUT2D eigenvalue weighted by Crippen LogP contribution is -2.51. The van der Waals surface area contributed by atoms with Crippen LogP contribution in [0.1, 0.15) is 45.2 Å². The van der Waals surface area contributed by atoms with Crippen molar-refractivity contribution in [1.29, 1.82) is 0 Å². The van der Waals surface area contributed by atoms with Gasteiger partial charge in [0.2, 0.25) is 0 Å². The molecule has 2 unspecified atom stereocenters. The number of nitrogens with one attached hydrogen (secondary N) is 1. The first-order valence-corrected chi connectivity index (χ1v) is 7.33. The van der Waals surface area contributed by atoms with E-state index in [1.807, 2.05) is 39.8 Å². The Bertz CT molecular complexity index is 477. The summed E-state index contributed by atoms with van der Waals surface area (Å²) in [6.07, 6.45) is 1.61. The second kappa shape index (κ2) is 7.27. The van der Waals surface area contributed by atoms with Crippen molar-refractivity contribution in [1.82, 2.24) is 10.2 Å². The van der Waals surface area contributed by atoms with Crippen molar-refractivity contribution < 1.29 is 13.2 Å². The van der Waals surface area contributed by atoms with E-state index in [-0.39, 0.29) is 5.56 Å². The number of nitrogens with zero attached hydrogens (tertiary/aromatic N) is 1. The highest BCUT2D eigenvalue weighted by atomic mass is 19.2. The van der Waals surface area contributed by atoms with E-state index in [9.17, 15) is 13.2 Å². The van der Waals surface area contributed by atoms with Gasteiger partial charge < -0.3 is 10.2 Å². The summed E-state index contributed by atoms with van der Waals surface area (Å²) in [4.78, 5) is 1.99. The Hall–Kier alpha value is -1.07. The fraction of sp³-hybridized carbons (Fsp3) is 0.625. The average Bonchev–Trinajstić information content (AvgIpc) is 2.46. The number of hydrogen-bond acceptors (Lipinski definition) is 2. The van der Waals surface area contributed by atoms with Crippen molar-refractivity contribution in [2.24, 2.45) is 0 Å². The molecule has 5 heteroatoms. The molecule has 0 aromatic heterocycles. The van der Waals surface area contributed by atoms with Crippen LogP contribution < -0.4 is 5.32 Å². The van der Waals surface area contributed by atoms with Crippen molar-refractivity contribution in [3.8, 4) is 0 Å². The molecule has 0 spiro atoms. The molecule has 0 amide bonds. The van der Waals surface area contributed by atoms with E-state index < -0.39 is 29.0 Å². The van der Waals surface area contributed by atoms with Crippen LogP contribution in [-0.2, 0) is 0 Å². The minimum absolute atomic E-state index is 0.167. The molecule has 0 aliphatic rings. The maximum Gasteiger partial charge on any atom is 0.194 e. The lowest BCUT2D eigenvalue weighted by atomic mass is 9.83. The number of rotatable bonds is 7. The summed E-state index contributed by atoms with van der Waals surface area (Å²) in [6, 6.07) is 1.89. The fourth-order valence-electron chi connectivity index (χ4n) is 2.50. The van der Waals surface area contributed by atoms with E-state index in [4.69, 9.17) is 0 Å². The van der Waals surface area contributed by atoms with Crippen LogP contribution in [0.25, 0.3) is 0 Å². The van der Waals surface area contributed by atoms with Crippen LogP contribution in [0.2, 0.25) is 0 Å².